The van der Waals surface area contributed by atoms with E-state index in [0.717, 1.165) is 0 Å². The number of nitrogens with zero attached hydrogens (tertiary/aromatic N) is 1. The maximum absolute atomic E-state index is 12.0. The molecule has 0 radical (unpaired) electrons. The third kappa shape index (κ3) is 11.5. The van der Waals surface area contributed by atoms with E-state index in [-0.39, 0.29) is 42.6 Å². The topological polar surface area (TPSA) is 190 Å². The van der Waals surface area contributed by atoms with Crippen molar-refractivity contribution < 1.29 is 43.6 Å². The molecule has 0 spiro atoms. The first-order valence-electron chi connectivity index (χ1n) is 11.2. The predicted octanol–water partition coefficient (Wildman–Crippen LogP) is 1.98. The quantitative estimate of drug-likeness (QED) is 0.110. The number of rotatable bonds is 19. The first-order valence-corrected chi connectivity index (χ1v) is 11.2. The molecule has 0 aromatic heterocycles. The van der Waals surface area contributed by atoms with Gasteiger partial charge in [-0.05, 0) is 37.8 Å². The first kappa shape index (κ1) is 29.6. The number of methoxy groups -OCH3 is 1. The molecule has 0 heterocycles. The molecule has 1 unspecified atom stereocenters. The third-order valence-electron chi connectivity index (χ3n) is 4.90. The molecular formula is C22H33N3O10. The molecule has 1 rings (SSSR count). The molecule has 1 aromatic rings. The molecule has 0 saturated heterocycles. The van der Waals surface area contributed by atoms with Crippen molar-refractivity contribution in [1.29, 1.82) is 0 Å². The van der Waals surface area contributed by atoms with Gasteiger partial charge in [-0.2, -0.15) is 0 Å². The number of hydrogen-bond donors (Lipinski definition) is 3. The average Bonchev–Trinajstić information content (AvgIpc) is 2.80. The van der Waals surface area contributed by atoms with Crippen molar-refractivity contribution in [1.82, 2.24) is 0 Å². The Bertz CT molecular complexity index is 862. The third-order valence-corrected chi connectivity index (χ3v) is 4.90. The molecule has 0 aliphatic heterocycles. The van der Waals surface area contributed by atoms with Gasteiger partial charge < -0.3 is 35.2 Å². The van der Waals surface area contributed by atoms with Crippen LogP contribution in [0.2, 0.25) is 0 Å². The van der Waals surface area contributed by atoms with Crippen molar-refractivity contribution >= 4 is 23.3 Å². The average molecular weight is 500 g/mol. The summed E-state index contributed by atoms with van der Waals surface area (Å²) in [6.45, 7) is 2.18. The van der Waals surface area contributed by atoms with Gasteiger partial charge in [0, 0.05) is 19.4 Å². The second-order valence-corrected chi connectivity index (χ2v) is 7.51. The maximum atomic E-state index is 12.0. The van der Waals surface area contributed by atoms with E-state index in [1.54, 1.807) is 6.92 Å². The number of phenols is 1. The van der Waals surface area contributed by atoms with Gasteiger partial charge in [0.05, 0.1) is 26.0 Å². The summed E-state index contributed by atoms with van der Waals surface area (Å²) in [6.07, 6.45) is 2.20. The lowest BCUT2D eigenvalue weighted by Crippen LogP contribution is -2.21. The molecule has 1 atom stereocenters. The van der Waals surface area contributed by atoms with Crippen LogP contribution in [0.15, 0.2) is 12.1 Å². The van der Waals surface area contributed by atoms with Crippen molar-refractivity contribution in [2.75, 3.05) is 38.9 Å². The van der Waals surface area contributed by atoms with E-state index in [4.69, 9.17) is 19.9 Å². The van der Waals surface area contributed by atoms with Crippen molar-refractivity contribution in [3.63, 3.8) is 0 Å². The maximum Gasteiger partial charge on any atom is 0.294 e. The Balaban J connectivity index is 2.16. The van der Waals surface area contributed by atoms with Gasteiger partial charge in [0.2, 0.25) is 5.91 Å². The number of ether oxygens (including phenoxy) is 3. The normalized spacial score (nSPS) is 11.5. The van der Waals surface area contributed by atoms with E-state index in [0.29, 0.717) is 45.1 Å². The van der Waals surface area contributed by atoms with Gasteiger partial charge in [-0.15, -0.1) is 10.1 Å². The van der Waals surface area contributed by atoms with Crippen LogP contribution >= 0.6 is 0 Å². The summed E-state index contributed by atoms with van der Waals surface area (Å²) in [5, 5.41) is 22.1. The fourth-order valence-corrected chi connectivity index (χ4v) is 3.13. The van der Waals surface area contributed by atoms with Crippen LogP contribution in [0.25, 0.3) is 0 Å². The van der Waals surface area contributed by atoms with Crippen LogP contribution in [0.4, 0.5) is 5.69 Å². The number of aromatic hydroxyl groups is 1. The highest BCUT2D eigenvalue weighted by molar-refractivity contribution is 6.02. The van der Waals surface area contributed by atoms with E-state index < -0.39 is 28.8 Å². The highest BCUT2D eigenvalue weighted by atomic mass is 17.0. The molecule has 2 amide bonds. The van der Waals surface area contributed by atoms with E-state index in [9.17, 15) is 29.6 Å². The number of carbonyl (C=O) groups is 3. The van der Waals surface area contributed by atoms with Crippen LogP contribution in [-0.4, -0.2) is 67.4 Å². The number of benzene rings is 1. The number of nitrogens with one attached hydrogen (secondary N) is 1. The van der Waals surface area contributed by atoms with Crippen LogP contribution in [0.1, 0.15) is 55.8 Å². The monoisotopic (exact) mass is 499 g/mol. The number of primary amides is 1. The zero-order valence-electron chi connectivity index (χ0n) is 19.9. The lowest BCUT2D eigenvalue weighted by molar-refractivity contribution is -0.768. The van der Waals surface area contributed by atoms with Gasteiger partial charge in [-0.25, -0.2) is 0 Å². The van der Waals surface area contributed by atoms with Gasteiger partial charge in [0.1, 0.15) is 29.8 Å². The largest absolute Gasteiger partial charge is 0.505 e. The Kier molecular flexibility index (Phi) is 13.7. The zero-order valence-corrected chi connectivity index (χ0v) is 19.9. The van der Waals surface area contributed by atoms with E-state index in [1.807, 2.05) is 0 Å². The second kappa shape index (κ2) is 16.2. The molecule has 0 bridgehead atoms. The standard InChI is InChI=1S/C22H33N3O10/c1-3-16(35-25(30)31)8-4-6-15(26)7-5-11-33-12-13-34-14-19(27)24-17-9-10-18(32-2)20(21(17)28)22(23)29/h9-10,16,28H,3-8,11-14H2,1-2H3,(H2,23,29)(H,24,27). The number of carbonyl (C=O) groups excluding carboxylic acids is 3. The van der Waals surface area contributed by atoms with E-state index >= 15 is 0 Å². The van der Waals surface area contributed by atoms with Crippen LogP contribution < -0.4 is 15.8 Å². The van der Waals surface area contributed by atoms with Gasteiger partial charge >= 0.3 is 0 Å². The molecule has 13 nitrogen and oxygen atoms in total. The summed E-state index contributed by atoms with van der Waals surface area (Å²) < 4.78 is 15.5. The number of nitrogens with two attached hydrogens (primary N) is 1. The molecule has 0 aliphatic rings. The summed E-state index contributed by atoms with van der Waals surface area (Å²) in [4.78, 5) is 50.2. The number of anilines is 1. The SMILES string of the molecule is CCC(CCCC(=O)CCCOCCOCC(=O)Nc1ccc(OC)c(C(N)=O)c1O)O[N+](=O)[O-]. The van der Waals surface area contributed by atoms with Gasteiger partial charge in [0.25, 0.3) is 11.0 Å². The zero-order chi connectivity index (χ0) is 26.2. The van der Waals surface area contributed by atoms with Crippen molar-refractivity contribution in [2.45, 2.75) is 51.6 Å². The molecule has 13 heteroatoms. The molecule has 0 saturated carbocycles. The Hall–Kier alpha value is -3.45. The van der Waals surface area contributed by atoms with Gasteiger partial charge in [-0.3, -0.25) is 14.4 Å². The lowest BCUT2D eigenvalue weighted by atomic mass is 10.1. The van der Waals surface area contributed by atoms with E-state index in [2.05, 4.69) is 10.2 Å². The van der Waals surface area contributed by atoms with Crippen molar-refractivity contribution in [3.8, 4) is 11.5 Å². The second-order valence-electron chi connectivity index (χ2n) is 7.51. The van der Waals surface area contributed by atoms with Crippen LogP contribution in [0.3, 0.4) is 0 Å². The lowest BCUT2D eigenvalue weighted by Gasteiger charge is -2.13. The molecule has 1 aromatic carbocycles. The Morgan fingerprint density at radius 1 is 1.14 bits per heavy atom. The summed E-state index contributed by atoms with van der Waals surface area (Å²) in [6, 6.07) is 2.76. The number of Topliss-reactive ketones (excluding diaryl/α,β-unsaturated/α-hetero) is 1. The highest BCUT2D eigenvalue weighted by Crippen LogP contribution is 2.34. The van der Waals surface area contributed by atoms with Crippen molar-refractivity contribution in [2.24, 2.45) is 5.73 Å². The van der Waals surface area contributed by atoms with Gasteiger partial charge in [0.15, 0.2) is 5.75 Å². The minimum atomic E-state index is -0.905. The summed E-state index contributed by atoms with van der Waals surface area (Å²) in [5.41, 5.74) is 4.98. The van der Waals surface area contributed by atoms with Crippen LogP contribution in [0.5, 0.6) is 11.5 Å². The molecular weight excluding hydrogens is 466 g/mol. The molecule has 0 aliphatic carbocycles. The predicted molar refractivity (Wildman–Crippen MR) is 124 cm³/mol. The van der Waals surface area contributed by atoms with Gasteiger partial charge in [-0.1, -0.05) is 6.92 Å². The summed E-state index contributed by atoms with van der Waals surface area (Å²) in [5.74, 6) is -1.83. The van der Waals surface area contributed by atoms with Crippen LogP contribution in [0, 0.1) is 10.1 Å². The van der Waals surface area contributed by atoms with Crippen molar-refractivity contribution in [3.05, 3.63) is 27.8 Å². The Morgan fingerprint density at radius 2 is 1.83 bits per heavy atom. The highest BCUT2D eigenvalue weighted by Gasteiger charge is 2.19. The Labute approximate surface area is 203 Å². The smallest absolute Gasteiger partial charge is 0.294 e. The fourth-order valence-electron chi connectivity index (χ4n) is 3.13. The van der Waals surface area contributed by atoms with E-state index in [1.165, 1.54) is 19.2 Å². The summed E-state index contributed by atoms with van der Waals surface area (Å²) in [7, 11) is 1.32. The van der Waals surface area contributed by atoms with Crippen LogP contribution in [-0.2, 0) is 23.9 Å². The molecule has 35 heavy (non-hydrogen) atoms. The molecule has 196 valence electrons. The summed E-state index contributed by atoms with van der Waals surface area (Å²) >= 11 is 0. The molecule has 4 N–H and O–H groups in total. The fraction of sp³-hybridized carbons (Fsp3) is 0.591. The number of amides is 2. The minimum absolute atomic E-state index is 0.00959. The minimum Gasteiger partial charge on any atom is -0.505 e. The Morgan fingerprint density at radius 3 is 2.46 bits per heavy atom. The number of ketones is 1. The molecule has 0 fully saturated rings. The first-order chi connectivity index (χ1) is 16.7. The number of hydrogen-bond acceptors (Lipinski definition) is 10.